The number of nitrogens with zero attached hydrogens (tertiary/aromatic N) is 2. The normalized spacial score (nSPS) is 26.2. The molecule has 1 N–H and O–H groups in total. The minimum atomic E-state index is -3.86. The third-order valence-electron chi connectivity index (χ3n) is 7.36. The van der Waals surface area contributed by atoms with Crippen molar-refractivity contribution in [3.05, 3.63) is 29.8 Å². The summed E-state index contributed by atoms with van der Waals surface area (Å²) in [5.74, 6) is 0.389. The molecule has 0 unspecified atom stereocenters. The van der Waals surface area contributed by atoms with Gasteiger partial charge in [-0.1, -0.05) is 25.5 Å². The molecule has 3 atom stereocenters. The van der Waals surface area contributed by atoms with Crippen LogP contribution in [-0.2, 0) is 14.8 Å². The number of aliphatic hydroxyl groups excluding tert-OH is 1. The number of rotatable bonds is 6. The highest BCUT2D eigenvalue weighted by molar-refractivity contribution is 7.89. The Hall–Kier alpha value is -1.90. The van der Waals surface area contributed by atoms with Crippen molar-refractivity contribution in [2.24, 2.45) is 11.8 Å². The van der Waals surface area contributed by atoms with Gasteiger partial charge < -0.3 is 14.7 Å². The van der Waals surface area contributed by atoms with Gasteiger partial charge in [0.2, 0.25) is 15.9 Å². The fourth-order valence-corrected chi connectivity index (χ4v) is 6.73. The number of carbonyl (C=O) groups excluding carboxylic acids is 1. The number of amides is 1. The molecule has 1 heterocycles. The van der Waals surface area contributed by atoms with Gasteiger partial charge in [-0.25, -0.2) is 8.42 Å². The van der Waals surface area contributed by atoms with Crippen molar-refractivity contribution in [1.82, 2.24) is 9.21 Å². The Morgan fingerprint density at radius 2 is 2.06 bits per heavy atom. The molecule has 8 heteroatoms. The smallest absolute Gasteiger partial charge is 0.247 e. The summed E-state index contributed by atoms with van der Waals surface area (Å²) in [6.45, 7) is 4.01. The van der Waals surface area contributed by atoms with Crippen molar-refractivity contribution < 1.29 is 23.1 Å². The molecule has 4 rings (SSSR count). The van der Waals surface area contributed by atoms with Crippen LogP contribution < -0.4 is 4.74 Å². The van der Waals surface area contributed by atoms with Crippen LogP contribution in [-0.4, -0.2) is 67.5 Å². The van der Waals surface area contributed by atoms with E-state index < -0.39 is 16.1 Å². The SMILES string of the molecule is C[C@@H]1CN([C@H](C)CO)S(=O)(=O)c2ccc(C3=CCCC3)cc2O[C@@H]1CN(C)C(=O)C1CCC1. The van der Waals surface area contributed by atoms with Crippen LogP contribution in [0.25, 0.3) is 5.57 Å². The predicted octanol–water partition coefficient (Wildman–Crippen LogP) is 3.28. The Bertz CT molecular complexity index is 1020. The average Bonchev–Trinajstić information content (AvgIpc) is 3.29. The van der Waals surface area contributed by atoms with E-state index in [0.29, 0.717) is 12.3 Å². The fraction of sp³-hybridized carbons (Fsp3) is 0.640. The van der Waals surface area contributed by atoms with Gasteiger partial charge in [-0.2, -0.15) is 4.31 Å². The molecule has 0 bridgehead atoms. The number of carbonyl (C=O) groups is 1. The molecule has 1 saturated carbocycles. The van der Waals surface area contributed by atoms with E-state index in [1.807, 2.05) is 19.1 Å². The van der Waals surface area contributed by atoms with Crippen molar-refractivity contribution in [3.63, 3.8) is 0 Å². The average molecular weight is 477 g/mol. The lowest BCUT2D eigenvalue weighted by atomic mass is 9.84. The molecule has 1 aromatic carbocycles. The summed E-state index contributed by atoms with van der Waals surface area (Å²) in [5.41, 5.74) is 2.19. The summed E-state index contributed by atoms with van der Waals surface area (Å²) in [4.78, 5) is 14.6. The van der Waals surface area contributed by atoms with Crippen LogP contribution >= 0.6 is 0 Å². The molecular formula is C25H36N2O5S. The van der Waals surface area contributed by atoms with E-state index in [1.165, 1.54) is 9.88 Å². The minimum absolute atomic E-state index is 0.0957. The molecule has 33 heavy (non-hydrogen) atoms. The van der Waals surface area contributed by atoms with Crippen LogP contribution in [0.1, 0.15) is 57.9 Å². The molecule has 0 saturated heterocycles. The first-order valence-electron chi connectivity index (χ1n) is 12.1. The van der Waals surface area contributed by atoms with Gasteiger partial charge in [0.25, 0.3) is 0 Å². The number of hydrogen-bond donors (Lipinski definition) is 1. The lowest BCUT2D eigenvalue weighted by molar-refractivity contribution is -0.138. The van der Waals surface area contributed by atoms with Crippen molar-refractivity contribution >= 4 is 21.5 Å². The van der Waals surface area contributed by atoms with Gasteiger partial charge in [-0.3, -0.25) is 4.79 Å². The summed E-state index contributed by atoms with van der Waals surface area (Å²) >= 11 is 0. The molecular weight excluding hydrogens is 440 g/mol. The van der Waals surface area contributed by atoms with Crippen molar-refractivity contribution in [2.75, 3.05) is 26.7 Å². The summed E-state index contributed by atoms with van der Waals surface area (Å²) in [6.07, 6.45) is 7.90. The van der Waals surface area contributed by atoms with E-state index in [2.05, 4.69) is 6.08 Å². The van der Waals surface area contributed by atoms with Gasteiger partial charge >= 0.3 is 0 Å². The first kappa shape index (κ1) is 24.2. The topological polar surface area (TPSA) is 87.2 Å². The number of aliphatic hydroxyl groups is 1. The largest absolute Gasteiger partial charge is 0.487 e. The van der Waals surface area contributed by atoms with E-state index in [4.69, 9.17) is 4.74 Å². The molecule has 0 radical (unpaired) electrons. The monoisotopic (exact) mass is 476 g/mol. The molecule has 0 spiro atoms. The van der Waals surface area contributed by atoms with Gasteiger partial charge in [0.15, 0.2) is 0 Å². The van der Waals surface area contributed by atoms with Crippen LogP contribution in [0.4, 0.5) is 0 Å². The second-order valence-corrected chi connectivity index (χ2v) is 11.7. The summed E-state index contributed by atoms with van der Waals surface area (Å²) < 4.78 is 35.0. The van der Waals surface area contributed by atoms with Gasteiger partial charge in [0.1, 0.15) is 16.7 Å². The highest BCUT2D eigenvalue weighted by Gasteiger charge is 2.39. The predicted molar refractivity (Wildman–Crippen MR) is 127 cm³/mol. The Morgan fingerprint density at radius 1 is 1.30 bits per heavy atom. The maximum atomic E-state index is 13.6. The summed E-state index contributed by atoms with van der Waals surface area (Å²) in [5, 5.41) is 9.78. The zero-order chi connectivity index (χ0) is 23.8. The number of allylic oxidation sites excluding steroid dienone is 2. The third kappa shape index (κ3) is 4.84. The third-order valence-corrected chi connectivity index (χ3v) is 9.38. The van der Waals surface area contributed by atoms with Crippen molar-refractivity contribution in [2.45, 2.75) is 69.4 Å². The number of benzene rings is 1. The summed E-state index contributed by atoms with van der Waals surface area (Å²) in [7, 11) is -2.05. The quantitative estimate of drug-likeness (QED) is 0.681. The van der Waals surface area contributed by atoms with Crippen LogP contribution in [0.3, 0.4) is 0 Å². The zero-order valence-corrected chi connectivity index (χ0v) is 20.7. The number of sulfonamides is 1. The molecule has 2 aliphatic carbocycles. The van der Waals surface area contributed by atoms with Gasteiger partial charge in [-0.05, 0) is 62.3 Å². The van der Waals surface area contributed by atoms with E-state index in [-0.39, 0.29) is 41.9 Å². The standard InChI is InChI=1S/C25H36N2O5S/c1-17-14-27(18(2)16-28)33(30,31)24-12-11-21(19-7-4-5-8-19)13-22(24)32-23(17)15-26(3)25(29)20-9-6-10-20/h7,11-13,17-18,20,23,28H,4-6,8-10,14-16H2,1-3H3/t17-,18-,23-/m1/s1. The van der Waals surface area contributed by atoms with Gasteiger partial charge in [0.05, 0.1) is 13.2 Å². The van der Waals surface area contributed by atoms with Crippen molar-refractivity contribution in [1.29, 1.82) is 0 Å². The molecule has 182 valence electrons. The first-order chi connectivity index (χ1) is 15.7. The maximum absolute atomic E-state index is 13.6. The lowest BCUT2D eigenvalue weighted by Crippen LogP contribution is -2.50. The second-order valence-electron chi connectivity index (χ2n) is 9.87. The highest BCUT2D eigenvalue weighted by Crippen LogP contribution is 2.37. The first-order valence-corrected chi connectivity index (χ1v) is 13.5. The minimum Gasteiger partial charge on any atom is -0.487 e. The van der Waals surface area contributed by atoms with E-state index in [9.17, 15) is 18.3 Å². The number of fused-ring (bicyclic) bond motifs is 1. The van der Waals surface area contributed by atoms with Crippen molar-refractivity contribution in [3.8, 4) is 5.75 Å². The van der Waals surface area contributed by atoms with Gasteiger partial charge in [0, 0.05) is 31.5 Å². The summed E-state index contributed by atoms with van der Waals surface area (Å²) in [6, 6.07) is 4.76. The van der Waals surface area contributed by atoms with Crippen LogP contribution in [0, 0.1) is 11.8 Å². The molecule has 1 aromatic rings. The molecule has 0 aromatic heterocycles. The number of ether oxygens (including phenoxy) is 1. The highest BCUT2D eigenvalue weighted by atomic mass is 32.2. The van der Waals surface area contributed by atoms with E-state index >= 15 is 0 Å². The molecule has 3 aliphatic rings. The molecule has 7 nitrogen and oxygen atoms in total. The number of likely N-dealkylation sites (N-methyl/N-ethyl adjacent to an activating group) is 1. The Balaban J connectivity index is 1.71. The molecule has 1 aliphatic heterocycles. The Labute approximate surface area is 197 Å². The lowest BCUT2D eigenvalue weighted by Gasteiger charge is -2.38. The van der Waals surface area contributed by atoms with E-state index in [0.717, 1.165) is 44.1 Å². The zero-order valence-electron chi connectivity index (χ0n) is 19.9. The second kappa shape index (κ2) is 9.76. The number of hydrogen-bond acceptors (Lipinski definition) is 5. The molecule has 1 fully saturated rings. The van der Waals surface area contributed by atoms with Crippen LogP contribution in [0.2, 0.25) is 0 Å². The van der Waals surface area contributed by atoms with Crippen LogP contribution in [0.5, 0.6) is 5.75 Å². The fourth-order valence-electron chi connectivity index (χ4n) is 4.90. The van der Waals surface area contributed by atoms with Crippen LogP contribution in [0.15, 0.2) is 29.2 Å². The Kier molecular flexibility index (Phi) is 7.17. The Morgan fingerprint density at radius 3 is 2.67 bits per heavy atom. The van der Waals surface area contributed by atoms with E-state index in [1.54, 1.807) is 24.9 Å². The van der Waals surface area contributed by atoms with Gasteiger partial charge in [-0.15, -0.1) is 0 Å². The maximum Gasteiger partial charge on any atom is 0.247 e. The molecule has 1 amide bonds.